The SMILES string of the molecule is C=C.C=CCC.CC.CCc1ccc(C(C(=O)OC)N(CC(=O)N2CCC(c3ccccc3CC)CC2)C(C)=O)cc1. The zero-order valence-electron chi connectivity index (χ0n) is 27.2. The van der Waals surface area contributed by atoms with Gasteiger partial charge in [-0.1, -0.05) is 89.2 Å². The van der Waals surface area contributed by atoms with E-state index < -0.39 is 12.0 Å². The van der Waals surface area contributed by atoms with Crippen molar-refractivity contribution in [3.63, 3.8) is 0 Å². The molecule has 0 bridgehead atoms. The first kappa shape index (κ1) is 38.3. The first-order valence-corrected chi connectivity index (χ1v) is 15.2. The molecular weight excluding hydrogens is 524 g/mol. The molecule has 1 heterocycles. The molecule has 1 atom stereocenters. The van der Waals surface area contributed by atoms with E-state index in [1.54, 1.807) is 0 Å². The Morgan fingerprint density at radius 2 is 1.52 bits per heavy atom. The van der Waals surface area contributed by atoms with Gasteiger partial charge < -0.3 is 14.5 Å². The summed E-state index contributed by atoms with van der Waals surface area (Å²) < 4.78 is 5.01. The van der Waals surface area contributed by atoms with Gasteiger partial charge in [-0.3, -0.25) is 9.59 Å². The molecule has 0 radical (unpaired) electrons. The molecule has 0 spiro atoms. The summed E-state index contributed by atoms with van der Waals surface area (Å²) in [6.45, 7) is 22.3. The van der Waals surface area contributed by atoms with Crippen molar-refractivity contribution < 1.29 is 19.1 Å². The first-order valence-electron chi connectivity index (χ1n) is 15.2. The van der Waals surface area contributed by atoms with Crippen molar-refractivity contribution in [2.75, 3.05) is 26.7 Å². The van der Waals surface area contributed by atoms with Crippen LogP contribution in [-0.4, -0.2) is 54.3 Å². The number of rotatable bonds is 9. The molecule has 1 fully saturated rings. The minimum absolute atomic E-state index is 0.142. The fraction of sp³-hybridized carbons (Fsp3) is 0.472. The Hall–Kier alpha value is -3.67. The van der Waals surface area contributed by atoms with Crippen LogP contribution in [0.1, 0.15) is 95.0 Å². The molecule has 1 saturated heterocycles. The average molecular weight is 579 g/mol. The van der Waals surface area contributed by atoms with Crippen LogP contribution in [0.5, 0.6) is 0 Å². The van der Waals surface area contributed by atoms with Crippen molar-refractivity contribution in [3.05, 3.63) is 96.6 Å². The lowest BCUT2D eigenvalue weighted by Crippen LogP contribution is -2.47. The van der Waals surface area contributed by atoms with E-state index in [9.17, 15) is 14.4 Å². The number of benzene rings is 2. The van der Waals surface area contributed by atoms with Gasteiger partial charge in [0.1, 0.15) is 6.54 Å². The summed E-state index contributed by atoms with van der Waals surface area (Å²) >= 11 is 0. The maximum atomic E-state index is 13.2. The standard InChI is InChI=1S/C28H36N2O4.C4H8.C2H6.C2H4/c1-5-21-11-13-24(14-12-21)27(28(33)34-4)30(20(3)31)19-26(32)29-17-15-23(16-18-29)25-10-8-7-9-22(25)6-2;1-3-4-2;2*1-2/h7-14,23,27H,5-6,15-19H2,1-4H3;3H,1,4H2,2H3;1-2H3;1-2H2. The normalized spacial score (nSPS) is 13.0. The summed E-state index contributed by atoms with van der Waals surface area (Å²) in [5.74, 6) is -0.599. The van der Waals surface area contributed by atoms with Gasteiger partial charge in [-0.25, -0.2) is 4.79 Å². The highest BCUT2D eigenvalue weighted by atomic mass is 16.5. The smallest absolute Gasteiger partial charge is 0.333 e. The summed E-state index contributed by atoms with van der Waals surface area (Å²) in [5.41, 5.74) is 4.51. The van der Waals surface area contributed by atoms with E-state index in [4.69, 9.17) is 4.74 Å². The molecule has 1 aliphatic heterocycles. The molecule has 6 nitrogen and oxygen atoms in total. The van der Waals surface area contributed by atoms with Crippen LogP contribution in [0.4, 0.5) is 0 Å². The summed E-state index contributed by atoms with van der Waals surface area (Å²) in [4.78, 5) is 41.6. The molecule has 1 unspecified atom stereocenters. The summed E-state index contributed by atoms with van der Waals surface area (Å²) in [6, 6.07) is 15.1. The minimum Gasteiger partial charge on any atom is -0.467 e. The second-order valence-corrected chi connectivity index (χ2v) is 9.57. The number of allylic oxidation sites excluding steroid dienone is 1. The van der Waals surface area contributed by atoms with E-state index in [1.165, 1.54) is 30.1 Å². The van der Waals surface area contributed by atoms with Crippen LogP contribution < -0.4 is 0 Å². The fourth-order valence-electron chi connectivity index (χ4n) is 4.82. The topological polar surface area (TPSA) is 66.9 Å². The maximum absolute atomic E-state index is 13.2. The van der Waals surface area contributed by atoms with Crippen molar-refractivity contribution in [2.45, 2.75) is 85.6 Å². The number of ether oxygens (including phenoxy) is 1. The first-order chi connectivity index (χ1) is 20.3. The average Bonchev–Trinajstić information content (AvgIpc) is 3.06. The predicted octanol–water partition coefficient (Wildman–Crippen LogP) is 7.69. The number of aryl methyl sites for hydroxylation is 2. The van der Waals surface area contributed by atoms with Crippen molar-refractivity contribution in [2.24, 2.45) is 0 Å². The molecule has 6 heteroatoms. The van der Waals surface area contributed by atoms with Crippen molar-refractivity contribution >= 4 is 17.8 Å². The van der Waals surface area contributed by atoms with Gasteiger partial charge in [-0.15, -0.1) is 19.7 Å². The van der Waals surface area contributed by atoms with Crippen molar-refractivity contribution in [1.82, 2.24) is 9.80 Å². The number of piperidine rings is 1. The van der Waals surface area contributed by atoms with E-state index in [-0.39, 0.29) is 18.4 Å². The van der Waals surface area contributed by atoms with Gasteiger partial charge in [0.25, 0.3) is 0 Å². The van der Waals surface area contributed by atoms with Crippen LogP contribution in [0, 0.1) is 0 Å². The number of hydrogen-bond acceptors (Lipinski definition) is 4. The molecule has 2 aromatic rings. The zero-order chi connectivity index (χ0) is 32.1. The summed E-state index contributed by atoms with van der Waals surface area (Å²) in [7, 11) is 1.30. The number of esters is 1. The number of likely N-dealkylation sites (tertiary alicyclic amines) is 1. The summed E-state index contributed by atoms with van der Waals surface area (Å²) in [6.07, 6.45) is 6.61. The quantitative estimate of drug-likeness (QED) is 0.226. The van der Waals surface area contributed by atoms with Crippen LogP contribution in [0.25, 0.3) is 0 Å². The fourth-order valence-corrected chi connectivity index (χ4v) is 4.82. The van der Waals surface area contributed by atoms with Gasteiger partial charge in [-0.2, -0.15) is 0 Å². The largest absolute Gasteiger partial charge is 0.467 e. The van der Waals surface area contributed by atoms with Crippen molar-refractivity contribution in [3.8, 4) is 0 Å². The maximum Gasteiger partial charge on any atom is 0.333 e. The van der Waals surface area contributed by atoms with E-state index >= 15 is 0 Å². The highest BCUT2D eigenvalue weighted by Crippen LogP contribution is 2.31. The number of carbonyl (C=O) groups excluding carboxylic acids is 3. The van der Waals surface area contributed by atoms with Gasteiger partial charge >= 0.3 is 5.97 Å². The van der Waals surface area contributed by atoms with Gasteiger partial charge in [-0.05, 0) is 60.3 Å². The monoisotopic (exact) mass is 578 g/mol. The molecule has 1 aliphatic rings. The number of hydrogen-bond donors (Lipinski definition) is 0. The Labute approximate surface area is 255 Å². The van der Waals surface area contributed by atoms with Crippen LogP contribution in [0.3, 0.4) is 0 Å². The molecule has 0 saturated carbocycles. The Bertz CT molecular complexity index is 1070. The highest BCUT2D eigenvalue weighted by molar-refractivity contribution is 5.89. The molecular formula is C36H54N2O4. The van der Waals surface area contributed by atoms with Gasteiger partial charge in [0, 0.05) is 20.0 Å². The number of carbonyl (C=O) groups is 3. The number of methoxy groups -OCH3 is 1. The lowest BCUT2D eigenvalue weighted by atomic mass is 9.86. The molecule has 0 aliphatic carbocycles. The molecule has 2 amide bonds. The Balaban J connectivity index is 0.00000190. The highest BCUT2D eigenvalue weighted by Gasteiger charge is 2.34. The third-order valence-electron chi connectivity index (χ3n) is 7.16. The third-order valence-corrected chi connectivity index (χ3v) is 7.16. The Morgan fingerprint density at radius 1 is 0.976 bits per heavy atom. The predicted molar refractivity (Wildman–Crippen MR) is 175 cm³/mol. The van der Waals surface area contributed by atoms with Crippen LogP contribution in [0.15, 0.2) is 74.3 Å². The van der Waals surface area contributed by atoms with E-state index in [0.717, 1.165) is 37.7 Å². The Kier molecular flexibility index (Phi) is 20.1. The summed E-state index contributed by atoms with van der Waals surface area (Å²) in [5, 5.41) is 0. The second kappa shape index (κ2) is 22.0. The minimum atomic E-state index is -0.952. The molecule has 0 N–H and O–H groups in total. The van der Waals surface area contributed by atoms with Crippen LogP contribution in [-0.2, 0) is 32.0 Å². The zero-order valence-corrected chi connectivity index (χ0v) is 27.2. The molecule has 0 aromatic heterocycles. The second-order valence-electron chi connectivity index (χ2n) is 9.57. The van der Waals surface area contributed by atoms with Crippen LogP contribution >= 0.6 is 0 Å². The molecule has 232 valence electrons. The molecule has 3 rings (SSSR count). The third kappa shape index (κ3) is 11.7. The van der Waals surface area contributed by atoms with E-state index in [1.807, 2.05) is 49.1 Å². The Morgan fingerprint density at radius 3 is 1.98 bits per heavy atom. The van der Waals surface area contributed by atoms with Gasteiger partial charge in [0.05, 0.1) is 7.11 Å². The number of amides is 2. The molecule has 42 heavy (non-hydrogen) atoms. The van der Waals surface area contributed by atoms with Crippen molar-refractivity contribution in [1.29, 1.82) is 0 Å². The van der Waals surface area contributed by atoms with Gasteiger partial charge in [0.15, 0.2) is 6.04 Å². The van der Waals surface area contributed by atoms with E-state index in [2.05, 4.69) is 64.8 Å². The lowest BCUT2D eigenvalue weighted by Gasteiger charge is -2.35. The molecule has 2 aromatic carbocycles. The lowest BCUT2D eigenvalue weighted by molar-refractivity contribution is -0.155. The number of nitrogens with zero attached hydrogens (tertiary/aromatic N) is 2. The van der Waals surface area contributed by atoms with Crippen LogP contribution in [0.2, 0.25) is 0 Å². The van der Waals surface area contributed by atoms with E-state index in [0.29, 0.717) is 24.6 Å². The van der Waals surface area contributed by atoms with Gasteiger partial charge in [0.2, 0.25) is 11.8 Å².